The molecule has 0 spiro atoms. The van der Waals surface area contributed by atoms with E-state index < -0.39 is 0 Å². The van der Waals surface area contributed by atoms with Crippen LogP contribution in [-0.2, 0) is 15.9 Å². The Morgan fingerprint density at radius 1 is 1.37 bits per heavy atom. The summed E-state index contributed by atoms with van der Waals surface area (Å²) in [5.74, 6) is 0. The largest absolute Gasteiger partial charge is 0.350 e. The quantitative estimate of drug-likeness (QED) is 0.834. The first-order valence-corrected chi connectivity index (χ1v) is 7.36. The molecule has 0 saturated carbocycles. The minimum absolute atomic E-state index is 0.0615. The zero-order valence-corrected chi connectivity index (χ0v) is 12.2. The summed E-state index contributed by atoms with van der Waals surface area (Å²) >= 11 is 6.03. The number of benzene rings is 1. The monoisotopic (exact) mass is 283 g/mol. The minimum atomic E-state index is -0.0615. The second kappa shape index (κ2) is 7.85. The fourth-order valence-corrected chi connectivity index (χ4v) is 2.52. The fraction of sp³-hybridized carbons (Fsp3) is 0.600. The van der Waals surface area contributed by atoms with Crippen molar-refractivity contribution in [3.8, 4) is 0 Å². The van der Waals surface area contributed by atoms with Crippen molar-refractivity contribution >= 4 is 11.6 Å². The highest BCUT2D eigenvalue weighted by molar-refractivity contribution is 6.30. The summed E-state index contributed by atoms with van der Waals surface area (Å²) in [5, 5.41) is 4.35. The van der Waals surface area contributed by atoms with Crippen molar-refractivity contribution in [2.75, 3.05) is 19.8 Å². The molecule has 1 N–H and O–H groups in total. The van der Waals surface area contributed by atoms with Crippen molar-refractivity contribution in [3.05, 3.63) is 34.9 Å². The van der Waals surface area contributed by atoms with Crippen LogP contribution in [0.3, 0.4) is 0 Å². The molecule has 4 heteroatoms. The number of nitrogens with one attached hydrogen (secondary N) is 1. The molecule has 1 aliphatic heterocycles. The average molecular weight is 284 g/mol. The van der Waals surface area contributed by atoms with E-state index in [1.54, 1.807) is 0 Å². The van der Waals surface area contributed by atoms with Gasteiger partial charge in [-0.15, -0.1) is 0 Å². The summed E-state index contributed by atoms with van der Waals surface area (Å²) < 4.78 is 11.1. The third kappa shape index (κ3) is 5.11. The number of rotatable bonds is 7. The van der Waals surface area contributed by atoms with Crippen LogP contribution in [0.15, 0.2) is 24.3 Å². The molecule has 1 unspecified atom stereocenters. The van der Waals surface area contributed by atoms with Gasteiger partial charge in [-0.3, -0.25) is 0 Å². The minimum Gasteiger partial charge on any atom is -0.350 e. The van der Waals surface area contributed by atoms with E-state index in [9.17, 15) is 0 Å². The van der Waals surface area contributed by atoms with Crippen LogP contribution in [0.25, 0.3) is 0 Å². The summed E-state index contributed by atoms with van der Waals surface area (Å²) in [5.41, 5.74) is 1.25. The summed E-state index contributed by atoms with van der Waals surface area (Å²) in [4.78, 5) is 0. The Labute approximate surface area is 120 Å². The molecule has 0 radical (unpaired) electrons. The Morgan fingerprint density at radius 2 is 2.16 bits per heavy atom. The zero-order chi connectivity index (χ0) is 13.5. The zero-order valence-electron chi connectivity index (χ0n) is 11.4. The van der Waals surface area contributed by atoms with Crippen LogP contribution >= 0.6 is 11.6 Å². The topological polar surface area (TPSA) is 30.5 Å². The van der Waals surface area contributed by atoms with Crippen LogP contribution in [0.1, 0.15) is 25.3 Å². The lowest BCUT2D eigenvalue weighted by atomic mass is 10.0. The SMILES string of the molecule is CCCNC(Cc1cccc(Cl)c1)CC1OCCO1. The standard InChI is InChI=1S/C15H22ClNO2/c1-2-6-17-14(11-15-18-7-8-19-15)10-12-4-3-5-13(16)9-12/h3-5,9,14-15,17H,2,6-8,10-11H2,1H3. The second-order valence-corrected chi connectivity index (χ2v) is 5.33. The Kier molecular flexibility index (Phi) is 6.11. The lowest BCUT2D eigenvalue weighted by molar-refractivity contribution is -0.0526. The number of hydrogen-bond donors (Lipinski definition) is 1. The second-order valence-electron chi connectivity index (χ2n) is 4.89. The first kappa shape index (κ1) is 14.8. The highest BCUT2D eigenvalue weighted by Crippen LogP contribution is 2.16. The van der Waals surface area contributed by atoms with Gasteiger partial charge in [-0.1, -0.05) is 30.7 Å². The highest BCUT2D eigenvalue weighted by atomic mass is 35.5. The van der Waals surface area contributed by atoms with Crippen LogP contribution in [0.5, 0.6) is 0 Å². The van der Waals surface area contributed by atoms with Crippen molar-refractivity contribution in [2.24, 2.45) is 0 Å². The molecule has 1 aliphatic rings. The third-order valence-electron chi connectivity index (χ3n) is 3.22. The summed E-state index contributed by atoms with van der Waals surface area (Å²) in [7, 11) is 0. The van der Waals surface area contributed by atoms with Gasteiger partial charge in [-0.05, 0) is 37.1 Å². The third-order valence-corrected chi connectivity index (χ3v) is 3.46. The van der Waals surface area contributed by atoms with Gasteiger partial charge in [0.25, 0.3) is 0 Å². The van der Waals surface area contributed by atoms with E-state index in [4.69, 9.17) is 21.1 Å². The number of ether oxygens (including phenoxy) is 2. The maximum Gasteiger partial charge on any atom is 0.159 e. The van der Waals surface area contributed by atoms with Gasteiger partial charge in [0.1, 0.15) is 0 Å². The lowest BCUT2D eigenvalue weighted by Gasteiger charge is -2.21. The van der Waals surface area contributed by atoms with Crippen LogP contribution in [0, 0.1) is 0 Å². The first-order valence-electron chi connectivity index (χ1n) is 6.99. The molecule has 0 amide bonds. The molecule has 2 rings (SSSR count). The first-order chi connectivity index (χ1) is 9.28. The summed E-state index contributed by atoms with van der Waals surface area (Å²) in [6.07, 6.45) is 2.89. The molecule has 1 heterocycles. The normalized spacial score (nSPS) is 17.8. The van der Waals surface area contributed by atoms with E-state index in [0.717, 1.165) is 30.8 Å². The van der Waals surface area contributed by atoms with E-state index in [0.29, 0.717) is 19.3 Å². The van der Waals surface area contributed by atoms with Gasteiger partial charge in [0.15, 0.2) is 6.29 Å². The van der Waals surface area contributed by atoms with Gasteiger partial charge < -0.3 is 14.8 Å². The van der Waals surface area contributed by atoms with Crippen molar-refractivity contribution < 1.29 is 9.47 Å². The van der Waals surface area contributed by atoms with E-state index in [1.807, 2.05) is 18.2 Å². The fourth-order valence-electron chi connectivity index (χ4n) is 2.31. The van der Waals surface area contributed by atoms with Gasteiger partial charge in [0.05, 0.1) is 13.2 Å². The number of hydrogen-bond acceptors (Lipinski definition) is 3. The molecule has 0 aromatic heterocycles. The van der Waals surface area contributed by atoms with Crippen molar-refractivity contribution in [3.63, 3.8) is 0 Å². The van der Waals surface area contributed by atoms with Gasteiger partial charge in [0.2, 0.25) is 0 Å². The van der Waals surface area contributed by atoms with Crippen molar-refractivity contribution in [1.82, 2.24) is 5.32 Å². The van der Waals surface area contributed by atoms with Crippen molar-refractivity contribution in [2.45, 2.75) is 38.5 Å². The molecule has 3 nitrogen and oxygen atoms in total. The van der Waals surface area contributed by atoms with Crippen LogP contribution in [0.2, 0.25) is 5.02 Å². The summed E-state index contributed by atoms with van der Waals surface area (Å²) in [6, 6.07) is 8.41. The summed E-state index contributed by atoms with van der Waals surface area (Å²) in [6.45, 7) is 4.61. The van der Waals surface area contributed by atoms with Gasteiger partial charge in [-0.2, -0.15) is 0 Å². The molecule has 1 saturated heterocycles. The average Bonchev–Trinajstić information content (AvgIpc) is 2.89. The molecular weight excluding hydrogens is 262 g/mol. The van der Waals surface area contributed by atoms with Crippen LogP contribution < -0.4 is 5.32 Å². The smallest absolute Gasteiger partial charge is 0.159 e. The molecule has 19 heavy (non-hydrogen) atoms. The predicted molar refractivity (Wildman–Crippen MR) is 77.5 cm³/mol. The lowest BCUT2D eigenvalue weighted by Crippen LogP contribution is -2.35. The molecule has 1 atom stereocenters. The highest BCUT2D eigenvalue weighted by Gasteiger charge is 2.21. The predicted octanol–water partition coefficient (Wildman–Crippen LogP) is 3.01. The van der Waals surface area contributed by atoms with Crippen molar-refractivity contribution in [1.29, 1.82) is 0 Å². The molecule has 1 aromatic rings. The Bertz CT molecular complexity index is 380. The number of halogens is 1. The Balaban J connectivity index is 1.92. The molecule has 1 fully saturated rings. The van der Waals surface area contributed by atoms with Crippen LogP contribution in [0.4, 0.5) is 0 Å². The maximum absolute atomic E-state index is 6.03. The van der Waals surface area contributed by atoms with E-state index in [-0.39, 0.29) is 6.29 Å². The molecule has 1 aromatic carbocycles. The van der Waals surface area contributed by atoms with E-state index in [2.05, 4.69) is 18.3 Å². The molecule has 106 valence electrons. The van der Waals surface area contributed by atoms with Gasteiger partial charge in [0, 0.05) is 17.5 Å². The van der Waals surface area contributed by atoms with Gasteiger partial charge in [-0.25, -0.2) is 0 Å². The van der Waals surface area contributed by atoms with E-state index >= 15 is 0 Å². The van der Waals surface area contributed by atoms with Gasteiger partial charge >= 0.3 is 0 Å². The van der Waals surface area contributed by atoms with Crippen LogP contribution in [-0.4, -0.2) is 32.1 Å². The Hall–Kier alpha value is -0.610. The maximum atomic E-state index is 6.03. The molecule has 0 aliphatic carbocycles. The Morgan fingerprint density at radius 3 is 2.84 bits per heavy atom. The molecule has 0 bridgehead atoms. The van der Waals surface area contributed by atoms with E-state index in [1.165, 1.54) is 5.56 Å². The molecular formula is C15H22ClNO2.